The zero-order chi connectivity index (χ0) is 10.4. The normalized spacial score (nSPS) is 10.2. The minimum Gasteiger partial charge on any atom is -0.385 e. The summed E-state index contributed by atoms with van der Waals surface area (Å²) >= 11 is 5.83. The van der Waals surface area contributed by atoms with Crippen molar-refractivity contribution in [2.45, 2.75) is 12.8 Å². The van der Waals surface area contributed by atoms with E-state index in [1.165, 1.54) is 0 Å². The summed E-state index contributed by atoms with van der Waals surface area (Å²) in [6, 6.07) is 3.82. The van der Waals surface area contributed by atoms with Gasteiger partial charge in [-0.25, -0.2) is 0 Å². The molecule has 0 bridgehead atoms. The van der Waals surface area contributed by atoms with E-state index in [4.69, 9.17) is 21.2 Å². The molecule has 1 aromatic rings. The highest BCUT2D eigenvalue weighted by Gasteiger charge is 2.11. The molecule has 0 amide bonds. The van der Waals surface area contributed by atoms with Gasteiger partial charge in [0.2, 0.25) is 11.9 Å². The summed E-state index contributed by atoms with van der Waals surface area (Å²) in [6.45, 7) is 0.756. The minimum atomic E-state index is 0.669. The van der Waals surface area contributed by atoms with Crippen molar-refractivity contribution in [1.29, 1.82) is 0 Å². The summed E-state index contributed by atoms with van der Waals surface area (Å²) in [4.78, 5) is 5.15. The number of nitrogens with zero attached hydrogens (tertiary/aromatic N) is 1. The molecule has 0 aromatic carbocycles. The van der Waals surface area contributed by atoms with E-state index in [2.05, 4.69) is 0 Å². The van der Waals surface area contributed by atoms with Crippen LogP contribution >= 0.6 is 11.6 Å². The molecule has 0 unspecified atom stereocenters. The molecule has 0 aliphatic heterocycles. The topological polar surface area (TPSA) is 22.3 Å². The molecule has 0 saturated carbocycles. The molecule has 0 spiro atoms. The predicted octanol–water partition coefficient (Wildman–Crippen LogP) is 1.26. The van der Waals surface area contributed by atoms with Crippen molar-refractivity contribution in [3.63, 3.8) is 0 Å². The van der Waals surface area contributed by atoms with E-state index in [1.807, 2.05) is 12.1 Å². The van der Waals surface area contributed by atoms with E-state index >= 15 is 0 Å². The number of halogens is 1. The number of pyridine rings is 1. The zero-order valence-corrected chi connectivity index (χ0v) is 9.25. The van der Waals surface area contributed by atoms with E-state index in [-0.39, 0.29) is 0 Å². The highest BCUT2D eigenvalue weighted by atomic mass is 35.5. The monoisotopic (exact) mass is 216 g/mol. The Morgan fingerprint density at radius 2 is 2.14 bits per heavy atom. The highest BCUT2D eigenvalue weighted by Crippen LogP contribution is 2.05. The van der Waals surface area contributed by atoms with Gasteiger partial charge in [-0.15, -0.1) is 0 Å². The summed E-state index contributed by atoms with van der Waals surface area (Å²) < 4.78 is 6.66. The summed E-state index contributed by atoms with van der Waals surface area (Å²) in [6.07, 6.45) is 3.64. The van der Waals surface area contributed by atoms with Gasteiger partial charge in [-0.1, -0.05) is 11.6 Å². The van der Waals surface area contributed by atoms with Gasteiger partial charge in [-0.3, -0.25) is 4.84 Å². The van der Waals surface area contributed by atoms with Crippen LogP contribution < -0.4 is 9.57 Å². The molecule has 0 saturated heterocycles. The summed E-state index contributed by atoms with van der Waals surface area (Å²) in [7, 11) is 3.32. The van der Waals surface area contributed by atoms with Gasteiger partial charge in [0, 0.05) is 30.9 Å². The Hall–Kier alpha value is -0.800. The Bertz CT molecular complexity index is 291. The van der Waals surface area contributed by atoms with Crippen LogP contribution in [0.3, 0.4) is 0 Å². The number of rotatable bonds is 5. The third-order valence-corrected chi connectivity index (χ3v) is 2.16. The smallest absolute Gasteiger partial charge is 0.241 e. The first-order chi connectivity index (χ1) is 6.77. The Morgan fingerprint density at radius 3 is 2.79 bits per heavy atom. The minimum absolute atomic E-state index is 0.669. The van der Waals surface area contributed by atoms with Crippen LogP contribution in [0.15, 0.2) is 18.3 Å². The Kier molecular flexibility index (Phi) is 4.70. The Balaban J connectivity index is 2.65. The first-order valence-electron chi connectivity index (χ1n) is 4.51. The lowest BCUT2D eigenvalue weighted by molar-refractivity contribution is -0.890. The van der Waals surface area contributed by atoms with Crippen molar-refractivity contribution in [3.8, 4) is 0 Å². The Morgan fingerprint density at radius 1 is 1.36 bits per heavy atom. The molecule has 1 aromatic heterocycles. The lowest BCUT2D eigenvalue weighted by Gasteiger charge is -2.00. The first kappa shape index (κ1) is 11.3. The lowest BCUT2D eigenvalue weighted by atomic mass is 10.2. The molecular weight excluding hydrogens is 202 g/mol. The lowest BCUT2D eigenvalue weighted by Crippen LogP contribution is -2.44. The summed E-state index contributed by atoms with van der Waals surface area (Å²) in [5, 5.41) is 0.669. The van der Waals surface area contributed by atoms with E-state index in [9.17, 15) is 0 Å². The van der Waals surface area contributed by atoms with Crippen LogP contribution in [0.2, 0.25) is 5.02 Å². The molecule has 0 fully saturated rings. The average Bonchev–Trinajstić information content (AvgIpc) is 2.20. The van der Waals surface area contributed by atoms with E-state index < -0.39 is 0 Å². The fourth-order valence-corrected chi connectivity index (χ4v) is 1.40. The van der Waals surface area contributed by atoms with Crippen molar-refractivity contribution in [1.82, 2.24) is 0 Å². The van der Waals surface area contributed by atoms with Gasteiger partial charge >= 0.3 is 0 Å². The van der Waals surface area contributed by atoms with E-state index in [0.29, 0.717) is 5.02 Å². The maximum Gasteiger partial charge on any atom is 0.241 e. The molecule has 3 nitrogen and oxygen atoms in total. The maximum atomic E-state index is 5.83. The number of aromatic nitrogens is 1. The van der Waals surface area contributed by atoms with Gasteiger partial charge in [-0.05, 0) is 12.5 Å². The standard InChI is InChI=1S/C10H15ClNO2/c1-13-7-3-4-10-6-5-9(11)8-12(10)14-2/h5-6,8H,3-4,7H2,1-2H3/q+1. The van der Waals surface area contributed by atoms with Crippen molar-refractivity contribution in [2.24, 2.45) is 0 Å². The van der Waals surface area contributed by atoms with Crippen LogP contribution in [0, 0.1) is 0 Å². The zero-order valence-electron chi connectivity index (χ0n) is 8.50. The molecule has 0 N–H and O–H groups in total. The second kappa shape index (κ2) is 5.83. The number of methoxy groups -OCH3 is 1. The second-order valence-electron chi connectivity index (χ2n) is 2.94. The van der Waals surface area contributed by atoms with Gasteiger partial charge in [0.15, 0.2) is 0 Å². The van der Waals surface area contributed by atoms with Crippen LogP contribution in [0.25, 0.3) is 0 Å². The van der Waals surface area contributed by atoms with Crippen LogP contribution in [-0.2, 0) is 11.2 Å². The van der Waals surface area contributed by atoms with Crippen molar-refractivity contribution in [2.75, 3.05) is 20.8 Å². The first-order valence-corrected chi connectivity index (χ1v) is 4.89. The van der Waals surface area contributed by atoms with Gasteiger partial charge in [-0.2, -0.15) is 0 Å². The van der Waals surface area contributed by atoms with Gasteiger partial charge < -0.3 is 4.74 Å². The SMILES string of the molecule is COCCCc1ccc(Cl)c[n+]1OC. The largest absolute Gasteiger partial charge is 0.385 e. The maximum absolute atomic E-state index is 5.83. The molecule has 4 heteroatoms. The van der Waals surface area contributed by atoms with Crippen LogP contribution in [0.4, 0.5) is 0 Å². The van der Waals surface area contributed by atoms with Crippen molar-refractivity contribution in [3.05, 3.63) is 29.0 Å². The fourth-order valence-electron chi connectivity index (χ4n) is 1.25. The third-order valence-electron chi connectivity index (χ3n) is 1.94. The van der Waals surface area contributed by atoms with Crippen LogP contribution in [0.1, 0.15) is 12.1 Å². The molecule has 14 heavy (non-hydrogen) atoms. The van der Waals surface area contributed by atoms with E-state index in [1.54, 1.807) is 25.1 Å². The van der Waals surface area contributed by atoms with Gasteiger partial charge in [0.25, 0.3) is 0 Å². The molecule has 1 heterocycles. The third kappa shape index (κ3) is 3.16. The van der Waals surface area contributed by atoms with Crippen LogP contribution in [-0.4, -0.2) is 20.8 Å². The molecule has 0 aliphatic carbocycles. The molecule has 0 aliphatic rings. The predicted molar refractivity (Wildman–Crippen MR) is 54.3 cm³/mol. The molecule has 78 valence electrons. The fraction of sp³-hybridized carbons (Fsp3) is 0.500. The number of hydrogen-bond donors (Lipinski definition) is 0. The molecular formula is C10H15ClNO2+. The van der Waals surface area contributed by atoms with Gasteiger partial charge in [0.05, 0.1) is 0 Å². The number of ether oxygens (including phenoxy) is 1. The van der Waals surface area contributed by atoms with Gasteiger partial charge in [0.1, 0.15) is 12.1 Å². The van der Waals surface area contributed by atoms with Crippen LogP contribution in [0.5, 0.6) is 0 Å². The molecule has 0 atom stereocenters. The van der Waals surface area contributed by atoms with Crippen molar-refractivity contribution < 1.29 is 14.3 Å². The highest BCUT2D eigenvalue weighted by molar-refractivity contribution is 6.30. The molecule has 1 rings (SSSR count). The van der Waals surface area contributed by atoms with Crippen molar-refractivity contribution >= 4 is 11.6 Å². The number of hydrogen-bond acceptors (Lipinski definition) is 2. The summed E-state index contributed by atoms with van der Waals surface area (Å²) in [5.41, 5.74) is 1.09. The quantitative estimate of drug-likeness (QED) is 0.546. The summed E-state index contributed by atoms with van der Waals surface area (Å²) in [5.74, 6) is 0. The van der Waals surface area contributed by atoms with E-state index in [0.717, 1.165) is 25.1 Å². The Labute approximate surface area is 89.2 Å². The second-order valence-corrected chi connectivity index (χ2v) is 3.38. The molecule has 0 radical (unpaired) electrons. The average molecular weight is 217 g/mol. The number of aryl methyl sites for hydroxylation is 1.